The number of nitrogens with zero attached hydrogens (tertiary/aromatic N) is 1. The standard InChI is InChI=1S/C11H12Cl2FNO/c1-7-3-9(13)8(4-10(7)14)6-15(2)11(16)5-12/h3-4H,5-6H2,1-2H3. The van der Waals surface area contributed by atoms with Crippen molar-refractivity contribution in [2.45, 2.75) is 13.5 Å². The van der Waals surface area contributed by atoms with Crippen molar-refractivity contribution >= 4 is 29.1 Å². The first-order chi connectivity index (χ1) is 7.45. The van der Waals surface area contributed by atoms with Gasteiger partial charge in [0.1, 0.15) is 11.7 Å². The molecule has 0 bridgehead atoms. The predicted octanol–water partition coefficient (Wildman–Crippen LogP) is 2.98. The van der Waals surface area contributed by atoms with E-state index in [9.17, 15) is 9.18 Å². The number of carbonyl (C=O) groups excluding carboxylic acids is 1. The molecule has 1 aromatic rings. The van der Waals surface area contributed by atoms with Crippen molar-refractivity contribution in [1.82, 2.24) is 4.90 Å². The average Bonchev–Trinajstić information content (AvgIpc) is 2.24. The lowest BCUT2D eigenvalue weighted by Crippen LogP contribution is -2.27. The van der Waals surface area contributed by atoms with Crippen LogP contribution >= 0.6 is 23.2 Å². The Balaban J connectivity index is 2.89. The summed E-state index contributed by atoms with van der Waals surface area (Å²) in [5, 5.41) is 0.452. The lowest BCUT2D eigenvalue weighted by atomic mass is 10.1. The van der Waals surface area contributed by atoms with Crippen LogP contribution < -0.4 is 0 Å². The fraction of sp³-hybridized carbons (Fsp3) is 0.364. The van der Waals surface area contributed by atoms with Gasteiger partial charge in [0.05, 0.1) is 0 Å². The van der Waals surface area contributed by atoms with Crippen LogP contribution in [-0.4, -0.2) is 23.7 Å². The molecule has 0 radical (unpaired) electrons. The van der Waals surface area contributed by atoms with Gasteiger partial charge in [-0.15, -0.1) is 11.6 Å². The topological polar surface area (TPSA) is 20.3 Å². The van der Waals surface area contributed by atoms with Crippen molar-refractivity contribution in [3.05, 3.63) is 34.1 Å². The third-order valence-corrected chi connectivity index (χ3v) is 2.86. The van der Waals surface area contributed by atoms with Gasteiger partial charge >= 0.3 is 0 Å². The summed E-state index contributed by atoms with van der Waals surface area (Å²) in [5.74, 6) is -0.646. The fourth-order valence-corrected chi connectivity index (χ4v) is 1.74. The van der Waals surface area contributed by atoms with Crippen molar-refractivity contribution in [2.75, 3.05) is 12.9 Å². The molecule has 5 heteroatoms. The van der Waals surface area contributed by atoms with Gasteiger partial charge in [0.25, 0.3) is 0 Å². The summed E-state index contributed by atoms with van der Waals surface area (Å²) in [6, 6.07) is 2.89. The third-order valence-electron chi connectivity index (χ3n) is 2.28. The summed E-state index contributed by atoms with van der Waals surface area (Å²) < 4.78 is 13.3. The van der Waals surface area contributed by atoms with Gasteiger partial charge in [-0.2, -0.15) is 0 Å². The Bertz CT molecular complexity index is 409. The number of carbonyl (C=O) groups is 1. The van der Waals surface area contributed by atoms with Gasteiger partial charge in [0.2, 0.25) is 5.91 Å². The number of rotatable bonds is 3. The van der Waals surface area contributed by atoms with Crippen LogP contribution in [0.5, 0.6) is 0 Å². The van der Waals surface area contributed by atoms with Crippen LogP contribution in [0.4, 0.5) is 4.39 Å². The summed E-state index contributed by atoms with van der Waals surface area (Å²) in [7, 11) is 1.60. The smallest absolute Gasteiger partial charge is 0.237 e. The molecule has 0 aliphatic rings. The molecular weight excluding hydrogens is 252 g/mol. The highest BCUT2D eigenvalue weighted by molar-refractivity contribution is 6.31. The number of halogens is 3. The molecular formula is C11H12Cl2FNO. The van der Waals surface area contributed by atoms with E-state index >= 15 is 0 Å². The number of benzene rings is 1. The maximum atomic E-state index is 13.3. The minimum absolute atomic E-state index is 0.0948. The van der Waals surface area contributed by atoms with Crippen molar-refractivity contribution in [3.8, 4) is 0 Å². The number of aryl methyl sites for hydroxylation is 1. The molecule has 88 valence electrons. The zero-order valence-corrected chi connectivity index (χ0v) is 10.6. The zero-order valence-electron chi connectivity index (χ0n) is 9.06. The Labute approximate surface area is 104 Å². The fourth-order valence-electron chi connectivity index (χ4n) is 1.25. The van der Waals surface area contributed by atoms with E-state index in [0.29, 0.717) is 16.1 Å². The maximum absolute atomic E-state index is 13.3. The number of hydrogen-bond donors (Lipinski definition) is 0. The van der Waals surface area contributed by atoms with E-state index in [4.69, 9.17) is 23.2 Å². The first kappa shape index (κ1) is 13.3. The lowest BCUT2D eigenvalue weighted by Gasteiger charge is -2.17. The largest absolute Gasteiger partial charge is 0.340 e. The van der Waals surface area contributed by atoms with Crippen LogP contribution in [0, 0.1) is 12.7 Å². The summed E-state index contributed by atoms with van der Waals surface area (Å²) >= 11 is 11.4. The van der Waals surface area contributed by atoms with Crippen LogP contribution in [0.1, 0.15) is 11.1 Å². The highest BCUT2D eigenvalue weighted by atomic mass is 35.5. The Kier molecular flexibility index (Phi) is 4.56. The van der Waals surface area contributed by atoms with Crippen molar-refractivity contribution in [1.29, 1.82) is 0 Å². The van der Waals surface area contributed by atoms with Crippen LogP contribution in [0.2, 0.25) is 5.02 Å². The van der Waals surface area contributed by atoms with Crippen molar-refractivity contribution in [2.24, 2.45) is 0 Å². The van der Waals surface area contributed by atoms with Gasteiger partial charge in [-0.25, -0.2) is 4.39 Å². The second-order valence-corrected chi connectivity index (χ2v) is 4.25. The molecule has 1 amide bonds. The first-order valence-corrected chi connectivity index (χ1v) is 5.61. The van der Waals surface area contributed by atoms with Crippen molar-refractivity contribution < 1.29 is 9.18 Å². The lowest BCUT2D eigenvalue weighted by molar-refractivity contribution is -0.127. The molecule has 0 atom stereocenters. The first-order valence-electron chi connectivity index (χ1n) is 4.70. The molecule has 0 saturated carbocycles. The SMILES string of the molecule is Cc1cc(Cl)c(CN(C)C(=O)CCl)cc1F. The molecule has 0 spiro atoms. The quantitative estimate of drug-likeness (QED) is 0.768. The van der Waals surface area contributed by atoms with Gasteiger partial charge in [-0.1, -0.05) is 11.6 Å². The molecule has 0 unspecified atom stereocenters. The van der Waals surface area contributed by atoms with E-state index < -0.39 is 0 Å². The Morgan fingerprint density at radius 2 is 2.12 bits per heavy atom. The molecule has 0 aromatic heterocycles. The molecule has 0 heterocycles. The number of alkyl halides is 1. The van der Waals surface area contributed by atoms with Gasteiger partial charge in [0, 0.05) is 18.6 Å². The predicted molar refractivity (Wildman–Crippen MR) is 63.3 cm³/mol. The number of hydrogen-bond acceptors (Lipinski definition) is 1. The third kappa shape index (κ3) is 3.09. The molecule has 0 aliphatic heterocycles. The Morgan fingerprint density at radius 3 is 2.69 bits per heavy atom. The van der Waals surface area contributed by atoms with Crippen LogP contribution in [0.25, 0.3) is 0 Å². The van der Waals surface area contributed by atoms with Crippen molar-refractivity contribution in [3.63, 3.8) is 0 Å². The van der Waals surface area contributed by atoms with E-state index in [1.165, 1.54) is 11.0 Å². The molecule has 16 heavy (non-hydrogen) atoms. The van der Waals surface area contributed by atoms with E-state index in [1.54, 1.807) is 20.0 Å². The Hall–Kier alpha value is -0.800. The normalized spacial score (nSPS) is 10.3. The molecule has 0 aliphatic carbocycles. The monoisotopic (exact) mass is 263 g/mol. The summed E-state index contributed by atoms with van der Waals surface area (Å²) in [5.41, 5.74) is 1.06. The molecule has 1 aromatic carbocycles. The zero-order chi connectivity index (χ0) is 12.3. The second-order valence-electron chi connectivity index (χ2n) is 3.58. The van der Waals surface area contributed by atoms with Gasteiger partial charge in [0.15, 0.2) is 0 Å². The van der Waals surface area contributed by atoms with Gasteiger partial charge < -0.3 is 4.90 Å². The molecule has 1 rings (SSSR count). The molecule has 0 N–H and O–H groups in total. The minimum atomic E-state index is -0.328. The number of amides is 1. The highest BCUT2D eigenvalue weighted by Gasteiger charge is 2.11. The van der Waals surface area contributed by atoms with Crippen LogP contribution in [-0.2, 0) is 11.3 Å². The van der Waals surface area contributed by atoms with Crippen LogP contribution in [0.3, 0.4) is 0 Å². The van der Waals surface area contributed by atoms with Gasteiger partial charge in [-0.3, -0.25) is 4.79 Å². The second kappa shape index (κ2) is 5.51. The van der Waals surface area contributed by atoms with E-state index in [2.05, 4.69) is 0 Å². The molecule has 2 nitrogen and oxygen atoms in total. The molecule has 0 saturated heterocycles. The summed E-state index contributed by atoms with van der Waals surface area (Å²) in [4.78, 5) is 12.6. The van der Waals surface area contributed by atoms with Crippen LogP contribution in [0.15, 0.2) is 12.1 Å². The minimum Gasteiger partial charge on any atom is -0.340 e. The molecule has 0 fully saturated rings. The van der Waals surface area contributed by atoms with Gasteiger partial charge in [-0.05, 0) is 30.2 Å². The van der Waals surface area contributed by atoms with E-state index in [0.717, 1.165) is 0 Å². The Morgan fingerprint density at radius 1 is 1.50 bits per heavy atom. The van der Waals surface area contributed by atoms with E-state index in [-0.39, 0.29) is 24.1 Å². The summed E-state index contributed by atoms with van der Waals surface area (Å²) in [6.07, 6.45) is 0. The maximum Gasteiger partial charge on any atom is 0.237 e. The highest BCUT2D eigenvalue weighted by Crippen LogP contribution is 2.21. The summed E-state index contributed by atoms with van der Waals surface area (Å²) in [6.45, 7) is 1.89. The average molecular weight is 264 g/mol. The van der Waals surface area contributed by atoms with E-state index in [1.807, 2.05) is 0 Å².